The van der Waals surface area contributed by atoms with Gasteiger partial charge in [-0.2, -0.15) is 0 Å². The Morgan fingerprint density at radius 1 is 1.37 bits per heavy atom. The molecule has 1 saturated heterocycles. The van der Waals surface area contributed by atoms with Crippen LogP contribution in [0.4, 0.5) is 4.39 Å². The van der Waals surface area contributed by atoms with Gasteiger partial charge >= 0.3 is 0 Å². The lowest BCUT2D eigenvalue weighted by Crippen LogP contribution is -2.19. The smallest absolute Gasteiger partial charge is 0.123 e. The molecule has 1 aromatic carbocycles. The van der Waals surface area contributed by atoms with Crippen LogP contribution in [0.25, 0.3) is 0 Å². The van der Waals surface area contributed by atoms with Gasteiger partial charge < -0.3 is 19.7 Å². The van der Waals surface area contributed by atoms with Gasteiger partial charge in [-0.15, -0.1) is 0 Å². The number of hydrogen-bond acceptors (Lipinski definition) is 4. The summed E-state index contributed by atoms with van der Waals surface area (Å²) in [5, 5.41) is 17.5. The Labute approximate surface area is 112 Å². The van der Waals surface area contributed by atoms with Gasteiger partial charge in [0, 0.05) is 19.8 Å². The Balaban J connectivity index is 0.000000218. The summed E-state index contributed by atoms with van der Waals surface area (Å²) in [6.07, 6.45) is 1.97. The second-order valence-corrected chi connectivity index (χ2v) is 4.27. The highest BCUT2D eigenvalue weighted by Gasteiger charge is 2.08. The molecule has 108 valence electrons. The molecule has 19 heavy (non-hydrogen) atoms. The first-order valence-electron chi connectivity index (χ1n) is 6.36. The summed E-state index contributed by atoms with van der Waals surface area (Å²) in [6, 6.07) is 4.26. The van der Waals surface area contributed by atoms with Crippen molar-refractivity contribution in [3.63, 3.8) is 0 Å². The molecular formula is C14H21FO4. The van der Waals surface area contributed by atoms with E-state index in [-0.39, 0.29) is 18.5 Å². The number of hydrogen-bond donors (Lipinski definition) is 2. The molecular weight excluding hydrogens is 251 g/mol. The van der Waals surface area contributed by atoms with Crippen LogP contribution in [0.15, 0.2) is 18.2 Å². The van der Waals surface area contributed by atoms with E-state index in [1.807, 2.05) is 0 Å². The van der Waals surface area contributed by atoms with Gasteiger partial charge in [0.05, 0.1) is 13.2 Å². The maximum atomic E-state index is 12.7. The number of benzene rings is 1. The van der Waals surface area contributed by atoms with Crippen LogP contribution in [0.1, 0.15) is 18.4 Å². The van der Waals surface area contributed by atoms with E-state index in [0.29, 0.717) is 17.7 Å². The quantitative estimate of drug-likeness (QED) is 0.876. The molecule has 0 saturated carbocycles. The predicted octanol–water partition coefficient (Wildman–Crippen LogP) is 1.53. The number of halogens is 1. The average molecular weight is 272 g/mol. The summed E-state index contributed by atoms with van der Waals surface area (Å²) in [4.78, 5) is 0. The molecule has 1 fully saturated rings. The van der Waals surface area contributed by atoms with E-state index in [1.54, 1.807) is 6.07 Å². The molecule has 0 aromatic heterocycles. The van der Waals surface area contributed by atoms with Crippen molar-refractivity contribution in [1.29, 1.82) is 0 Å². The molecule has 0 bridgehead atoms. The highest BCUT2D eigenvalue weighted by atomic mass is 19.1. The van der Waals surface area contributed by atoms with Crippen LogP contribution in [0.3, 0.4) is 0 Å². The standard InChI is InChI=1S/C9H11FO2.C5H10O2/c1-12-9-3-2-8(10)6-7(9)4-5-11;6-5-1-3-7-4-2-5/h2-3,6,11H,4-5H2,1H3;5-6H,1-4H2. The largest absolute Gasteiger partial charge is 0.496 e. The summed E-state index contributed by atoms with van der Waals surface area (Å²) in [6.45, 7) is 1.47. The molecule has 0 unspecified atom stereocenters. The maximum absolute atomic E-state index is 12.7. The normalized spacial score (nSPS) is 15.6. The Morgan fingerprint density at radius 3 is 2.53 bits per heavy atom. The third-order valence-corrected chi connectivity index (χ3v) is 2.81. The Kier molecular flexibility index (Phi) is 7.40. The number of methoxy groups -OCH3 is 1. The van der Waals surface area contributed by atoms with Crippen LogP contribution in [0.2, 0.25) is 0 Å². The van der Waals surface area contributed by atoms with Crippen LogP contribution in [-0.4, -0.2) is 43.2 Å². The highest BCUT2D eigenvalue weighted by molar-refractivity contribution is 5.33. The fraction of sp³-hybridized carbons (Fsp3) is 0.571. The lowest BCUT2D eigenvalue weighted by Gasteiger charge is -2.15. The van der Waals surface area contributed by atoms with Gasteiger partial charge in [-0.25, -0.2) is 4.39 Å². The zero-order valence-electron chi connectivity index (χ0n) is 11.1. The van der Waals surface area contributed by atoms with E-state index in [9.17, 15) is 4.39 Å². The van der Waals surface area contributed by atoms with Crippen molar-refractivity contribution in [3.05, 3.63) is 29.6 Å². The van der Waals surface area contributed by atoms with Crippen LogP contribution in [0.5, 0.6) is 5.75 Å². The Hall–Kier alpha value is -1.17. The third-order valence-electron chi connectivity index (χ3n) is 2.81. The van der Waals surface area contributed by atoms with Crippen molar-refractivity contribution in [1.82, 2.24) is 0 Å². The van der Waals surface area contributed by atoms with Crippen molar-refractivity contribution in [2.75, 3.05) is 26.9 Å². The van der Waals surface area contributed by atoms with Gasteiger partial charge in [-0.05, 0) is 43.0 Å². The van der Waals surface area contributed by atoms with Crippen LogP contribution in [0, 0.1) is 5.82 Å². The summed E-state index contributed by atoms with van der Waals surface area (Å²) < 4.78 is 22.6. The van der Waals surface area contributed by atoms with E-state index in [4.69, 9.17) is 19.7 Å². The number of rotatable bonds is 3. The first kappa shape index (κ1) is 15.9. The summed E-state index contributed by atoms with van der Waals surface area (Å²) in [7, 11) is 1.52. The summed E-state index contributed by atoms with van der Waals surface area (Å²) in [5.74, 6) is 0.310. The highest BCUT2D eigenvalue weighted by Crippen LogP contribution is 2.19. The van der Waals surface area contributed by atoms with E-state index in [0.717, 1.165) is 26.1 Å². The van der Waals surface area contributed by atoms with Gasteiger partial charge in [0.2, 0.25) is 0 Å². The van der Waals surface area contributed by atoms with Crippen LogP contribution < -0.4 is 4.74 Å². The molecule has 1 aliphatic rings. The molecule has 4 nitrogen and oxygen atoms in total. The second kappa shape index (κ2) is 8.85. The molecule has 0 radical (unpaired) electrons. The lowest BCUT2D eigenvalue weighted by atomic mass is 10.1. The van der Waals surface area contributed by atoms with Gasteiger partial charge in [0.1, 0.15) is 11.6 Å². The first-order valence-corrected chi connectivity index (χ1v) is 6.36. The van der Waals surface area contributed by atoms with Gasteiger partial charge in [-0.3, -0.25) is 0 Å². The molecule has 0 aliphatic carbocycles. The zero-order chi connectivity index (χ0) is 14.1. The van der Waals surface area contributed by atoms with Crippen LogP contribution >= 0.6 is 0 Å². The number of aliphatic hydroxyl groups excluding tert-OH is 2. The lowest BCUT2D eigenvalue weighted by molar-refractivity contribution is 0.0140. The van der Waals surface area contributed by atoms with E-state index >= 15 is 0 Å². The predicted molar refractivity (Wildman–Crippen MR) is 69.8 cm³/mol. The van der Waals surface area contributed by atoms with Crippen molar-refractivity contribution in [3.8, 4) is 5.75 Å². The summed E-state index contributed by atoms with van der Waals surface area (Å²) >= 11 is 0. The third kappa shape index (κ3) is 6.00. The van der Waals surface area contributed by atoms with Crippen LogP contribution in [-0.2, 0) is 11.2 Å². The molecule has 5 heteroatoms. The first-order chi connectivity index (χ1) is 9.17. The minimum atomic E-state index is -0.306. The molecule has 1 aromatic rings. The monoisotopic (exact) mass is 272 g/mol. The van der Waals surface area contributed by atoms with Gasteiger partial charge in [-0.1, -0.05) is 0 Å². The fourth-order valence-corrected chi connectivity index (χ4v) is 1.75. The van der Waals surface area contributed by atoms with Crippen molar-refractivity contribution in [2.45, 2.75) is 25.4 Å². The van der Waals surface area contributed by atoms with Crippen molar-refractivity contribution < 1.29 is 24.1 Å². The molecule has 0 spiro atoms. The minimum absolute atomic E-state index is 0.000185. The zero-order valence-corrected chi connectivity index (χ0v) is 11.1. The average Bonchev–Trinajstić information content (AvgIpc) is 2.41. The molecule has 0 atom stereocenters. The van der Waals surface area contributed by atoms with Gasteiger partial charge in [0.25, 0.3) is 0 Å². The van der Waals surface area contributed by atoms with E-state index in [1.165, 1.54) is 19.2 Å². The summed E-state index contributed by atoms with van der Waals surface area (Å²) in [5.41, 5.74) is 0.694. The second-order valence-electron chi connectivity index (χ2n) is 4.27. The van der Waals surface area contributed by atoms with Crippen molar-refractivity contribution >= 4 is 0 Å². The van der Waals surface area contributed by atoms with Crippen molar-refractivity contribution in [2.24, 2.45) is 0 Å². The molecule has 0 amide bonds. The van der Waals surface area contributed by atoms with E-state index in [2.05, 4.69) is 0 Å². The number of aliphatic hydroxyl groups is 2. The fourth-order valence-electron chi connectivity index (χ4n) is 1.75. The minimum Gasteiger partial charge on any atom is -0.496 e. The molecule has 1 heterocycles. The van der Waals surface area contributed by atoms with E-state index < -0.39 is 0 Å². The van der Waals surface area contributed by atoms with Gasteiger partial charge in [0.15, 0.2) is 0 Å². The maximum Gasteiger partial charge on any atom is 0.123 e. The Morgan fingerprint density at radius 2 is 2.05 bits per heavy atom. The molecule has 2 rings (SSSR count). The molecule has 1 aliphatic heterocycles. The number of ether oxygens (including phenoxy) is 2. The molecule has 2 N–H and O–H groups in total. The SMILES string of the molecule is COc1ccc(F)cc1CCO.OC1CCOCC1. The topological polar surface area (TPSA) is 58.9 Å². The Bertz CT molecular complexity index is 364.